The molecule has 0 unspecified atom stereocenters. The number of isocyanates is 1. The average molecular weight is 327 g/mol. The van der Waals surface area contributed by atoms with Gasteiger partial charge in [0.15, 0.2) is 0 Å². The zero-order chi connectivity index (χ0) is 15.9. The smallest absolute Gasteiger partial charge is 0.379 e. The van der Waals surface area contributed by atoms with Crippen molar-refractivity contribution in [1.29, 1.82) is 0 Å². The van der Waals surface area contributed by atoms with Crippen molar-refractivity contribution < 1.29 is 31.4 Å². The number of rotatable bonds is 10. The highest BCUT2D eigenvalue weighted by atomic mass is 28.4. The summed E-state index contributed by atoms with van der Waals surface area (Å²) in [5, 5.41) is 0. The van der Waals surface area contributed by atoms with Crippen molar-refractivity contribution in [2.24, 2.45) is 4.99 Å². The number of aliphatic imine (C=N–C) groups is 1. The van der Waals surface area contributed by atoms with Crippen LogP contribution in [0.1, 0.15) is 6.42 Å². The van der Waals surface area contributed by atoms with Crippen molar-refractivity contribution in [2.45, 2.75) is 12.5 Å². The van der Waals surface area contributed by atoms with Crippen LogP contribution in [-0.4, -0.2) is 73.6 Å². The first kappa shape index (κ1) is 21.9. The van der Waals surface area contributed by atoms with E-state index in [0.717, 1.165) is 0 Å². The van der Waals surface area contributed by atoms with E-state index < -0.39 is 18.3 Å². The summed E-state index contributed by atoms with van der Waals surface area (Å²) in [6.45, 7) is 0.439. The number of carbonyl (C=O) groups excluding carboxylic acids is 1. The second-order valence-corrected chi connectivity index (χ2v) is 8.45. The van der Waals surface area contributed by atoms with Crippen LogP contribution >= 0.6 is 0 Å². The van der Waals surface area contributed by atoms with E-state index in [9.17, 15) is 4.79 Å². The van der Waals surface area contributed by atoms with Gasteiger partial charge in [0.1, 0.15) is 0 Å². The molecule has 0 aromatic heterocycles. The Labute approximate surface area is 123 Å². The Balaban J connectivity index is 0. The Bertz CT molecular complexity index is 242. The minimum atomic E-state index is -2.46. The highest BCUT2D eigenvalue weighted by Crippen LogP contribution is 2.14. The molecule has 0 saturated heterocycles. The van der Waals surface area contributed by atoms with Crippen molar-refractivity contribution in [3.05, 3.63) is 0 Å². The van der Waals surface area contributed by atoms with Crippen molar-refractivity contribution in [1.82, 2.24) is 0 Å². The fourth-order valence-corrected chi connectivity index (χ4v) is 3.55. The van der Waals surface area contributed by atoms with Crippen LogP contribution in [0.15, 0.2) is 4.99 Å². The number of hydrogen-bond donors (Lipinski definition) is 0. The Kier molecular flexibility index (Phi) is 16.4. The highest BCUT2D eigenvalue weighted by Gasteiger charge is 2.36. The zero-order valence-electron chi connectivity index (χ0n) is 13.0. The van der Waals surface area contributed by atoms with Crippen LogP contribution in [0.3, 0.4) is 0 Å². The summed E-state index contributed by atoms with van der Waals surface area (Å²) in [5.41, 5.74) is 0. The predicted molar refractivity (Wildman–Crippen MR) is 77.4 cm³/mol. The SMILES string of the molecule is CO[SiH](OC)OC.CO[Si](CCCN=C=O)(OC)OC. The van der Waals surface area contributed by atoms with Gasteiger partial charge in [0.2, 0.25) is 6.08 Å². The Morgan fingerprint density at radius 3 is 1.65 bits per heavy atom. The summed E-state index contributed by atoms with van der Waals surface area (Å²) in [6.07, 6.45) is 2.18. The monoisotopic (exact) mass is 327 g/mol. The van der Waals surface area contributed by atoms with Crippen LogP contribution in [0.5, 0.6) is 0 Å². The lowest BCUT2D eigenvalue weighted by Gasteiger charge is -2.23. The van der Waals surface area contributed by atoms with Crippen LogP contribution in [-0.2, 0) is 31.4 Å². The first-order valence-corrected chi connectivity index (χ1v) is 9.21. The van der Waals surface area contributed by atoms with E-state index in [-0.39, 0.29) is 0 Å². The third kappa shape index (κ3) is 10.4. The summed E-state index contributed by atoms with van der Waals surface area (Å²) in [4.78, 5) is 13.2. The number of hydrogen-bond acceptors (Lipinski definition) is 8. The summed E-state index contributed by atoms with van der Waals surface area (Å²) < 4.78 is 29.7. The Morgan fingerprint density at radius 2 is 1.40 bits per heavy atom. The molecule has 0 saturated carbocycles. The molecular formula is C10H25NO7Si2. The maximum atomic E-state index is 9.76. The van der Waals surface area contributed by atoms with E-state index in [1.165, 1.54) is 6.08 Å². The van der Waals surface area contributed by atoms with E-state index in [1.54, 1.807) is 42.7 Å². The molecule has 0 aliphatic carbocycles. The van der Waals surface area contributed by atoms with Gasteiger partial charge in [-0.25, -0.2) is 9.79 Å². The molecule has 10 heteroatoms. The molecule has 0 aromatic rings. The summed E-state index contributed by atoms with van der Waals surface area (Å²) in [5.74, 6) is 0. The standard InChI is InChI=1S/C7H15NO4Si.C3H10O3Si/c1-10-13(11-2,12-3)6-4-5-8-7-9;1-4-7(5-2)6-3/h4-6H2,1-3H3;7H,1-3H3. The molecular weight excluding hydrogens is 302 g/mol. The Morgan fingerprint density at radius 1 is 0.950 bits per heavy atom. The molecule has 0 aromatic carbocycles. The molecule has 120 valence electrons. The first-order valence-electron chi connectivity index (χ1n) is 5.87. The van der Waals surface area contributed by atoms with Gasteiger partial charge in [0, 0.05) is 48.7 Å². The van der Waals surface area contributed by atoms with Gasteiger partial charge in [-0.15, -0.1) is 0 Å². The quantitative estimate of drug-likeness (QED) is 0.246. The van der Waals surface area contributed by atoms with E-state index in [0.29, 0.717) is 19.0 Å². The van der Waals surface area contributed by atoms with Gasteiger partial charge < -0.3 is 26.6 Å². The minimum Gasteiger partial charge on any atom is -0.379 e. The molecule has 0 atom stereocenters. The second kappa shape index (κ2) is 15.0. The van der Waals surface area contributed by atoms with Crippen LogP contribution < -0.4 is 0 Å². The minimum absolute atomic E-state index is 0.439. The van der Waals surface area contributed by atoms with Crippen LogP contribution in [0.25, 0.3) is 0 Å². The summed E-state index contributed by atoms with van der Waals surface area (Å²) in [6, 6.07) is 0.654. The van der Waals surface area contributed by atoms with E-state index >= 15 is 0 Å². The molecule has 20 heavy (non-hydrogen) atoms. The summed E-state index contributed by atoms with van der Waals surface area (Å²) in [7, 11) is 5.26. The lowest BCUT2D eigenvalue weighted by molar-refractivity contribution is 0.123. The predicted octanol–water partition coefficient (Wildman–Crippen LogP) is 0.233. The molecule has 0 N–H and O–H groups in total. The van der Waals surface area contributed by atoms with E-state index in [4.69, 9.17) is 26.6 Å². The molecule has 0 aliphatic heterocycles. The molecule has 0 aliphatic rings. The molecule has 0 amide bonds. The second-order valence-electron chi connectivity index (χ2n) is 3.37. The molecule has 0 bridgehead atoms. The molecule has 0 spiro atoms. The van der Waals surface area contributed by atoms with E-state index in [2.05, 4.69) is 4.99 Å². The molecule has 8 nitrogen and oxygen atoms in total. The zero-order valence-corrected chi connectivity index (χ0v) is 15.2. The van der Waals surface area contributed by atoms with Crippen molar-refractivity contribution >= 4 is 24.4 Å². The lowest BCUT2D eigenvalue weighted by atomic mass is 10.5. The highest BCUT2D eigenvalue weighted by molar-refractivity contribution is 6.60. The van der Waals surface area contributed by atoms with Crippen LogP contribution in [0, 0.1) is 0 Å². The van der Waals surface area contributed by atoms with Crippen molar-refractivity contribution in [3.63, 3.8) is 0 Å². The third-order valence-electron chi connectivity index (χ3n) is 2.33. The van der Waals surface area contributed by atoms with Gasteiger partial charge in [-0.3, -0.25) is 0 Å². The average Bonchev–Trinajstić information content (AvgIpc) is 2.51. The molecule has 0 rings (SSSR count). The maximum absolute atomic E-state index is 9.76. The first-order chi connectivity index (χ1) is 9.59. The third-order valence-corrected chi connectivity index (χ3v) is 6.31. The molecule has 0 fully saturated rings. The van der Waals surface area contributed by atoms with E-state index in [1.807, 2.05) is 0 Å². The van der Waals surface area contributed by atoms with Crippen LogP contribution in [0.2, 0.25) is 6.04 Å². The number of nitrogens with zero attached hydrogens (tertiary/aromatic N) is 1. The molecule has 0 heterocycles. The van der Waals surface area contributed by atoms with Crippen molar-refractivity contribution in [3.8, 4) is 0 Å². The van der Waals surface area contributed by atoms with Crippen LogP contribution in [0.4, 0.5) is 0 Å². The van der Waals surface area contributed by atoms with Gasteiger partial charge >= 0.3 is 18.3 Å². The maximum Gasteiger partial charge on any atom is 0.500 e. The molecule has 0 radical (unpaired) electrons. The van der Waals surface area contributed by atoms with Gasteiger partial charge in [-0.05, 0) is 6.42 Å². The fraction of sp³-hybridized carbons (Fsp3) is 0.900. The summed E-state index contributed by atoms with van der Waals surface area (Å²) >= 11 is 0. The fourth-order valence-electron chi connectivity index (χ4n) is 1.27. The topological polar surface area (TPSA) is 84.8 Å². The van der Waals surface area contributed by atoms with Gasteiger partial charge in [0.25, 0.3) is 0 Å². The van der Waals surface area contributed by atoms with Gasteiger partial charge in [0.05, 0.1) is 6.54 Å². The van der Waals surface area contributed by atoms with Gasteiger partial charge in [-0.1, -0.05) is 0 Å². The largest absolute Gasteiger partial charge is 0.500 e. The lowest BCUT2D eigenvalue weighted by Crippen LogP contribution is -2.42. The van der Waals surface area contributed by atoms with Gasteiger partial charge in [-0.2, -0.15) is 0 Å². The van der Waals surface area contributed by atoms with Crippen molar-refractivity contribution in [2.75, 3.05) is 49.2 Å². The normalized spacial score (nSPS) is 10.8. The Hall–Kier alpha value is -0.426.